The molecule has 33 heavy (non-hydrogen) atoms. The minimum atomic E-state index is -1.99. The average molecular weight is 465 g/mol. The monoisotopic (exact) mass is 464 g/mol. The second kappa shape index (κ2) is 7.55. The van der Waals surface area contributed by atoms with Gasteiger partial charge in [0, 0.05) is 32.3 Å². The number of carbonyl (C=O) groups excluding carboxylic acids is 1. The third-order valence-electron chi connectivity index (χ3n) is 6.95. The van der Waals surface area contributed by atoms with Crippen molar-refractivity contribution in [3.05, 3.63) is 94.3 Å². The first kappa shape index (κ1) is 21.9. The molecule has 0 bridgehead atoms. The van der Waals surface area contributed by atoms with E-state index < -0.39 is 29.1 Å². The van der Waals surface area contributed by atoms with Crippen LogP contribution in [0.5, 0.6) is 5.75 Å². The number of rotatable bonds is 3. The summed E-state index contributed by atoms with van der Waals surface area (Å²) < 4.78 is 6.60. The summed E-state index contributed by atoms with van der Waals surface area (Å²) in [4.78, 5) is 19.3. The number of halogens is 1. The smallest absolute Gasteiger partial charge is 0.228 e. The minimum Gasteiger partial charge on any atom is -0.476 e. The lowest BCUT2D eigenvalue weighted by molar-refractivity contribution is -0.157. The fraction of sp³-hybridized carbons (Fsp3) is 0.308. The second-order valence-electron chi connectivity index (χ2n) is 9.06. The maximum Gasteiger partial charge on any atom is 0.228 e. The van der Waals surface area contributed by atoms with Gasteiger partial charge in [-0.1, -0.05) is 71.8 Å². The number of nitrogens with zero attached hydrogens (tertiary/aromatic N) is 2. The van der Waals surface area contributed by atoms with E-state index in [1.807, 2.05) is 61.5 Å². The van der Waals surface area contributed by atoms with Gasteiger partial charge in [0.25, 0.3) is 0 Å². The van der Waals surface area contributed by atoms with Crippen molar-refractivity contribution in [2.45, 2.75) is 30.1 Å². The standard InChI is InChI=1S/C26H25ClN2O4/c1-15-9-11-17(12-10-15)26-21(16-7-5-4-6-8-16)20(24(31)29(2)3)23(30)25(26,32)22-19(33-26)13-18(27)14-28-22/h4-14,20-21,23,30,32H,1-3H3/t20-,21-,23-,25+,26+/m1/s1. The molecular formula is C26H25ClN2O4. The zero-order valence-electron chi connectivity index (χ0n) is 18.6. The first-order valence-corrected chi connectivity index (χ1v) is 11.2. The van der Waals surface area contributed by atoms with E-state index in [1.54, 1.807) is 20.2 Å². The molecule has 1 aliphatic carbocycles. The van der Waals surface area contributed by atoms with E-state index in [9.17, 15) is 15.0 Å². The van der Waals surface area contributed by atoms with Crippen molar-refractivity contribution in [3.8, 4) is 5.75 Å². The molecule has 1 aromatic heterocycles. The molecule has 0 saturated heterocycles. The van der Waals surface area contributed by atoms with Crippen LogP contribution in [0, 0.1) is 12.8 Å². The Hall–Kier alpha value is -2.93. The quantitative estimate of drug-likeness (QED) is 0.621. The van der Waals surface area contributed by atoms with Gasteiger partial charge in [-0.05, 0) is 18.1 Å². The molecule has 1 amide bonds. The fourth-order valence-corrected chi connectivity index (χ4v) is 5.65. The lowest BCUT2D eigenvalue weighted by atomic mass is 9.71. The van der Waals surface area contributed by atoms with Crippen LogP contribution in [0.4, 0.5) is 0 Å². The number of hydrogen-bond acceptors (Lipinski definition) is 5. The number of aliphatic hydroxyl groups is 2. The molecule has 0 spiro atoms. The molecule has 1 fully saturated rings. The van der Waals surface area contributed by atoms with Gasteiger partial charge in [0.15, 0.2) is 11.2 Å². The lowest BCUT2D eigenvalue weighted by Gasteiger charge is -2.40. The summed E-state index contributed by atoms with van der Waals surface area (Å²) in [5, 5.41) is 24.5. The van der Waals surface area contributed by atoms with Gasteiger partial charge in [-0.25, -0.2) is 0 Å². The summed E-state index contributed by atoms with van der Waals surface area (Å²) in [6, 6.07) is 18.6. The Labute approximate surface area is 197 Å². The summed E-state index contributed by atoms with van der Waals surface area (Å²) in [6.45, 7) is 1.97. The molecular weight excluding hydrogens is 440 g/mol. The van der Waals surface area contributed by atoms with Gasteiger partial charge in [-0.2, -0.15) is 0 Å². The maximum atomic E-state index is 13.5. The lowest BCUT2D eigenvalue weighted by Crippen LogP contribution is -2.52. The minimum absolute atomic E-state index is 0.176. The number of benzene rings is 2. The number of carbonyl (C=O) groups is 1. The summed E-state index contributed by atoms with van der Waals surface area (Å²) in [7, 11) is 3.28. The van der Waals surface area contributed by atoms with E-state index in [4.69, 9.17) is 16.3 Å². The Morgan fingerprint density at radius 2 is 1.79 bits per heavy atom. The van der Waals surface area contributed by atoms with Crippen molar-refractivity contribution in [1.29, 1.82) is 0 Å². The number of aryl methyl sites for hydroxylation is 1. The number of pyridine rings is 1. The Kier molecular flexibility index (Phi) is 5.01. The molecule has 1 saturated carbocycles. The number of aromatic nitrogens is 1. The van der Waals surface area contributed by atoms with Gasteiger partial charge in [0.1, 0.15) is 17.5 Å². The molecule has 3 aromatic rings. The van der Waals surface area contributed by atoms with Gasteiger partial charge in [0.05, 0.1) is 10.9 Å². The molecule has 5 rings (SSSR count). The summed E-state index contributed by atoms with van der Waals surface area (Å²) in [5.74, 6) is -1.69. The highest BCUT2D eigenvalue weighted by Gasteiger charge is 2.78. The third kappa shape index (κ3) is 2.88. The molecule has 7 heteroatoms. The fourth-order valence-electron chi connectivity index (χ4n) is 5.51. The molecule has 2 aliphatic rings. The highest BCUT2D eigenvalue weighted by Crippen LogP contribution is 2.68. The van der Waals surface area contributed by atoms with Crippen LogP contribution < -0.4 is 4.74 Å². The maximum absolute atomic E-state index is 13.5. The van der Waals surface area contributed by atoms with E-state index in [0.29, 0.717) is 16.3 Å². The highest BCUT2D eigenvalue weighted by atomic mass is 35.5. The van der Waals surface area contributed by atoms with Crippen LogP contribution in [0.15, 0.2) is 66.9 Å². The van der Waals surface area contributed by atoms with Crippen LogP contribution in [0.3, 0.4) is 0 Å². The summed E-state index contributed by atoms with van der Waals surface area (Å²) >= 11 is 6.20. The molecule has 1 aliphatic heterocycles. The Morgan fingerprint density at radius 3 is 2.42 bits per heavy atom. The summed E-state index contributed by atoms with van der Waals surface area (Å²) in [6.07, 6.45) is -0.0630. The van der Waals surface area contributed by atoms with Crippen molar-refractivity contribution < 1.29 is 19.7 Å². The Morgan fingerprint density at radius 1 is 1.12 bits per heavy atom. The molecule has 0 unspecified atom stereocenters. The van der Waals surface area contributed by atoms with Gasteiger partial charge in [0.2, 0.25) is 5.91 Å². The summed E-state index contributed by atoms with van der Waals surface area (Å²) in [5.41, 5.74) is -0.864. The van der Waals surface area contributed by atoms with Crippen LogP contribution in [0.25, 0.3) is 0 Å². The number of amides is 1. The molecule has 5 atom stereocenters. The zero-order chi connectivity index (χ0) is 23.5. The van der Waals surface area contributed by atoms with Crippen molar-refractivity contribution in [1.82, 2.24) is 9.88 Å². The van der Waals surface area contributed by atoms with E-state index in [2.05, 4.69) is 4.98 Å². The van der Waals surface area contributed by atoms with E-state index in [-0.39, 0.29) is 11.6 Å². The van der Waals surface area contributed by atoms with E-state index >= 15 is 0 Å². The zero-order valence-corrected chi connectivity index (χ0v) is 19.3. The predicted octanol–water partition coefficient (Wildman–Crippen LogP) is 3.38. The van der Waals surface area contributed by atoms with Gasteiger partial charge < -0.3 is 19.8 Å². The topological polar surface area (TPSA) is 82.9 Å². The predicted molar refractivity (Wildman–Crippen MR) is 124 cm³/mol. The third-order valence-corrected chi connectivity index (χ3v) is 7.15. The average Bonchev–Trinajstić information content (AvgIpc) is 3.17. The molecule has 6 nitrogen and oxygen atoms in total. The first-order chi connectivity index (χ1) is 15.7. The number of ether oxygens (including phenoxy) is 1. The molecule has 2 N–H and O–H groups in total. The molecule has 170 valence electrons. The Balaban J connectivity index is 1.87. The van der Waals surface area contributed by atoms with Crippen LogP contribution >= 0.6 is 11.6 Å². The molecule has 0 radical (unpaired) electrons. The SMILES string of the molecule is Cc1ccc([C@@]23Oc4cc(Cl)cnc4[C@]2(O)[C@H](O)[C@H](C(=O)N(C)C)[C@H]3c2ccccc2)cc1. The number of fused-ring (bicyclic) bond motifs is 3. The number of hydrogen-bond donors (Lipinski definition) is 2. The molecule has 2 aromatic carbocycles. The van der Waals surface area contributed by atoms with Gasteiger partial charge in [-0.3, -0.25) is 9.78 Å². The van der Waals surface area contributed by atoms with Crippen molar-refractivity contribution >= 4 is 17.5 Å². The molecule has 2 heterocycles. The van der Waals surface area contributed by atoms with Crippen LogP contribution in [-0.4, -0.2) is 46.2 Å². The second-order valence-corrected chi connectivity index (χ2v) is 9.50. The van der Waals surface area contributed by atoms with Crippen LogP contribution in [0.1, 0.15) is 28.3 Å². The van der Waals surface area contributed by atoms with Crippen molar-refractivity contribution in [3.63, 3.8) is 0 Å². The van der Waals surface area contributed by atoms with Gasteiger partial charge in [-0.15, -0.1) is 0 Å². The van der Waals surface area contributed by atoms with Crippen molar-refractivity contribution in [2.24, 2.45) is 5.92 Å². The van der Waals surface area contributed by atoms with Crippen molar-refractivity contribution in [2.75, 3.05) is 14.1 Å². The Bertz CT molecular complexity index is 1220. The first-order valence-electron chi connectivity index (χ1n) is 10.8. The van der Waals surface area contributed by atoms with E-state index in [1.165, 1.54) is 11.1 Å². The normalized spacial score (nSPS) is 29.8. The van der Waals surface area contributed by atoms with E-state index in [0.717, 1.165) is 11.1 Å². The highest BCUT2D eigenvalue weighted by molar-refractivity contribution is 6.30. The number of aliphatic hydroxyl groups excluding tert-OH is 1. The van der Waals surface area contributed by atoms with Crippen LogP contribution in [0.2, 0.25) is 5.02 Å². The largest absolute Gasteiger partial charge is 0.476 e. The van der Waals surface area contributed by atoms with Crippen LogP contribution in [-0.2, 0) is 16.0 Å². The van der Waals surface area contributed by atoms with Gasteiger partial charge >= 0.3 is 0 Å².